The topological polar surface area (TPSA) is 35.2 Å². The third-order valence-corrected chi connectivity index (χ3v) is 2.68. The van der Waals surface area contributed by atoms with Gasteiger partial charge in [-0.2, -0.15) is 0 Å². The second-order valence-corrected chi connectivity index (χ2v) is 4.08. The smallest absolute Gasteiger partial charge is 0.184 e. The largest absolute Gasteiger partial charge is 0.454 e. The van der Waals surface area contributed by atoms with E-state index in [0.717, 1.165) is 5.56 Å². The highest BCUT2D eigenvalue weighted by Crippen LogP contribution is 2.29. The molecule has 88 valence electrons. The molecule has 0 spiro atoms. The molecule has 2 nitrogen and oxygen atoms in total. The molecule has 2 aromatic rings. The fourth-order valence-corrected chi connectivity index (χ4v) is 1.57. The number of hydrogen-bond donors (Lipinski definition) is 1. The van der Waals surface area contributed by atoms with Gasteiger partial charge in [0.15, 0.2) is 11.6 Å². The first kappa shape index (κ1) is 11.7. The van der Waals surface area contributed by atoms with E-state index in [2.05, 4.69) is 0 Å². The molecule has 0 saturated carbocycles. The van der Waals surface area contributed by atoms with E-state index in [1.807, 2.05) is 6.92 Å². The van der Waals surface area contributed by atoms with Gasteiger partial charge in [-0.3, -0.25) is 0 Å². The minimum Gasteiger partial charge on any atom is -0.454 e. The van der Waals surface area contributed by atoms with Crippen molar-refractivity contribution >= 4 is 17.3 Å². The van der Waals surface area contributed by atoms with Crippen molar-refractivity contribution < 1.29 is 9.13 Å². The van der Waals surface area contributed by atoms with E-state index < -0.39 is 5.82 Å². The third kappa shape index (κ3) is 2.50. The Morgan fingerprint density at radius 1 is 1.24 bits per heavy atom. The Bertz CT molecular complexity index is 557. The Morgan fingerprint density at radius 3 is 2.71 bits per heavy atom. The first-order valence-corrected chi connectivity index (χ1v) is 5.43. The zero-order valence-electron chi connectivity index (χ0n) is 9.21. The summed E-state index contributed by atoms with van der Waals surface area (Å²) < 4.78 is 19.0. The van der Waals surface area contributed by atoms with Gasteiger partial charge in [-0.1, -0.05) is 17.7 Å². The van der Waals surface area contributed by atoms with E-state index in [1.165, 1.54) is 12.1 Å². The second kappa shape index (κ2) is 4.63. The molecule has 0 bridgehead atoms. The third-order valence-electron chi connectivity index (χ3n) is 2.39. The lowest BCUT2D eigenvalue weighted by atomic mass is 10.2. The van der Waals surface area contributed by atoms with Gasteiger partial charge in [-0.25, -0.2) is 4.39 Å². The number of ether oxygens (including phenoxy) is 1. The van der Waals surface area contributed by atoms with Crippen LogP contribution in [0.25, 0.3) is 0 Å². The summed E-state index contributed by atoms with van der Waals surface area (Å²) in [4.78, 5) is 0. The van der Waals surface area contributed by atoms with Crippen LogP contribution in [-0.4, -0.2) is 0 Å². The molecule has 4 heteroatoms. The van der Waals surface area contributed by atoms with Crippen molar-refractivity contribution in [2.75, 3.05) is 5.73 Å². The number of halogens is 2. The first-order valence-electron chi connectivity index (χ1n) is 5.06. The van der Waals surface area contributed by atoms with E-state index in [9.17, 15) is 4.39 Å². The molecular formula is C13H11ClFNO. The minimum absolute atomic E-state index is 0.0367. The quantitative estimate of drug-likeness (QED) is 0.814. The molecule has 0 saturated heterocycles. The molecule has 0 aliphatic heterocycles. The Labute approximate surface area is 104 Å². The average molecular weight is 252 g/mol. The molecule has 0 unspecified atom stereocenters. The van der Waals surface area contributed by atoms with Crippen LogP contribution in [-0.2, 0) is 0 Å². The van der Waals surface area contributed by atoms with E-state index in [4.69, 9.17) is 22.1 Å². The maximum atomic E-state index is 13.6. The van der Waals surface area contributed by atoms with Gasteiger partial charge >= 0.3 is 0 Å². The monoisotopic (exact) mass is 251 g/mol. The molecule has 2 aromatic carbocycles. The van der Waals surface area contributed by atoms with Crippen molar-refractivity contribution in [1.29, 1.82) is 0 Å². The van der Waals surface area contributed by atoms with Crippen molar-refractivity contribution in [3.05, 3.63) is 52.8 Å². The van der Waals surface area contributed by atoms with Crippen LogP contribution in [0.15, 0.2) is 36.4 Å². The number of hydrogen-bond acceptors (Lipinski definition) is 2. The Kier molecular flexibility index (Phi) is 3.20. The zero-order chi connectivity index (χ0) is 12.4. The highest BCUT2D eigenvalue weighted by Gasteiger charge is 2.08. The van der Waals surface area contributed by atoms with Gasteiger partial charge in [-0.05, 0) is 42.8 Å². The van der Waals surface area contributed by atoms with E-state index >= 15 is 0 Å². The van der Waals surface area contributed by atoms with Crippen LogP contribution in [0.4, 0.5) is 10.1 Å². The van der Waals surface area contributed by atoms with Crippen molar-refractivity contribution in [3.8, 4) is 11.5 Å². The van der Waals surface area contributed by atoms with Gasteiger partial charge in [0, 0.05) is 5.69 Å². The number of aryl methyl sites for hydroxylation is 1. The number of nitrogens with two attached hydrogens (primary N) is 1. The van der Waals surface area contributed by atoms with Crippen LogP contribution in [0, 0.1) is 12.7 Å². The standard InChI is InChI=1S/C13H11ClFNO/c1-8-7-9(5-6-11(8)16)17-12-4-2-3-10(14)13(12)15/h2-7H,16H2,1H3. The lowest BCUT2D eigenvalue weighted by molar-refractivity contribution is 0.442. The lowest BCUT2D eigenvalue weighted by Gasteiger charge is -2.09. The van der Waals surface area contributed by atoms with Gasteiger partial charge < -0.3 is 10.5 Å². The SMILES string of the molecule is Cc1cc(Oc2cccc(Cl)c2F)ccc1N. The van der Waals surface area contributed by atoms with Crippen LogP contribution in [0.2, 0.25) is 5.02 Å². The fourth-order valence-electron chi connectivity index (χ4n) is 1.40. The van der Waals surface area contributed by atoms with E-state index in [1.54, 1.807) is 24.3 Å². The molecule has 0 aliphatic carbocycles. The average Bonchev–Trinajstić information content (AvgIpc) is 2.30. The predicted molar refractivity (Wildman–Crippen MR) is 67.1 cm³/mol. The summed E-state index contributed by atoms with van der Waals surface area (Å²) in [5.41, 5.74) is 7.24. The van der Waals surface area contributed by atoms with Crippen molar-refractivity contribution in [3.63, 3.8) is 0 Å². The van der Waals surface area contributed by atoms with Crippen LogP contribution >= 0.6 is 11.6 Å². The van der Waals surface area contributed by atoms with Crippen LogP contribution in [0.1, 0.15) is 5.56 Å². The van der Waals surface area contributed by atoms with Gasteiger partial charge in [0.05, 0.1) is 5.02 Å². The van der Waals surface area contributed by atoms with Crippen molar-refractivity contribution in [2.45, 2.75) is 6.92 Å². The highest BCUT2D eigenvalue weighted by atomic mass is 35.5. The Morgan fingerprint density at radius 2 is 2.00 bits per heavy atom. The zero-order valence-corrected chi connectivity index (χ0v) is 9.96. The van der Waals surface area contributed by atoms with Crippen molar-refractivity contribution in [2.24, 2.45) is 0 Å². The second-order valence-electron chi connectivity index (χ2n) is 3.67. The first-order chi connectivity index (χ1) is 8.08. The fraction of sp³-hybridized carbons (Fsp3) is 0.0769. The molecule has 0 amide bonds. The number of anilines is 1. The molecule has 2 N–H and O–H groups in total. The number of rotatable bonds is 2. The van der Waals surface area contributed by atoms with Gasteiger partial charge in [0.1, 0.15) is 5.75 Å². The van der Waals surface area contributed by atoms with E-state index in [0.29, 0.717) is 11.4 Å². The molecule has 0 aromatic heterocycles. The summed E-state index contributed by atoms with van der Waals surface area (Å²) in [6.45, 7) is 1.86. The molecular weight excluding hydrogens is 241 g/mol. The Balaban J connectivity index is 2.31. The summed E-state index contributed by atoms with van der Waals surface area (Å²) in [5.74, 6) is 0.0585. The number of benzene rings is 2. The molecule has 2 rings (SSSR count). The molecule has 0 aliphatic rings. The summed E-state index contributed by atoms with van der Waals surface area (Å²) in [7, 11) is 0. The number of nitrogen functional groups attached to an aromatic ring is 1. The summed E-state index contributed by atoms with van der Waals surface area (Å²) in [6.07, 6.45) is 0. The molecule has 0 radical (unpaired) electrons. The molecule has 0 heterocycles. The summed E-state index contributed by atoms with van der Waals surface area (Å²) >= 11 is 5.66. The molecule has 17 heavy (non-hydrogen) atoms. The van der Waals surface area contributed by atoms with Gasteiger partial charge in [0.25, 0.3) is 0 Å². The van der Waals surface area contributed by atoms with Crippen LogP contribution in [0.5, 0.6) is 11.5 Å². The lowest BCUT2D eigenvalue weighted by Crippen LogP contribution is -1.92. The molecule has 0 atom stereocenters. The maximum absolute atomic E-state index is 13.6. The molecule has 0 fully saturated rings. The van der Waals surface area contributed by atoms with Gasteiger partial charge in [-0.15, -0.1) is 0 Å². The van der Waals surface area contributed by atoms with Crippen LogP contribution in [0.3, 0.4) is 0 Å². The minimum atomic E-state index is -0.566. The Hall–Kier alpha value is -1.74. The van der Waals surface area contributed by atoms with E-state index in [-0.39, 0.29) is 10.8 Å². The summed E-state index contributed by atoms with van der Waals surface area (Å²) in [6, 6.07) is 9.77. The summed E-state index contributed by atoms with van der Waals surface area (Å²) in [5, 5.41) is 0.0367. The highest BCUT2D eigenvalue weighted by molar-refractivity contribution is 6.30. The predicted octanol–water partition coefficient (Wildman–Crippen LogP) is 4.16. The van der Waals surface area contributed by atoms with Crippen LogP contribution < -0.4 is 10.5 Å². The maximum Gasteiger partial charge on any atom is 0.184 e. The normalized spacial score (nSPS) is 10.3. The van der Waals surface area contributed by atoms with Crippen molar-refractivity contribution in [1.82, 2.24) is 0 Å². The van der Waals surface area contributed by atoms with Gasteiger partial charge in [0.2, 0.25) is 0 Å².